The first-order chi connectivity index (χ1) is 14.1. The molecule has 9 heteroatoms. The maximum Gasteiger partial charge on any atom is 0.258 e. The quantitative estimate of drug-likeness (QED) is 0.711. The lowest BCUT2D eigenvalue weighted by molar-refractivity contribution is -0.114. The summed E-state index contributed by atoms with van der Waals surface area (Å²) in [5.41, 5.74) is 2.55. The van der Waals surface area contributed by atoms with E-state index >= 15 is 0 Å². The van der Waals surface area contributed by atoms with Gasteiger partial charge in [-0.25, -0.2) is 13.9 Å². The lowest BCUT2D eigenvalue weighted by Gasteiger charge is -2.16. The van der Waals surface area contributed by atoms with Gasteiger partial charge in [0.15, 0.2) is 16.0 Å². The first-order valence-electron chi connectivity index (χ1n) is 9.35. The Balaban J connectivity index is 1.59. The normalized spacial score (nSPS) is 18.9. The molecule has 148 valence electrons. The number of methoxy groups -OCH3 is 1. The van der Waals surface area contributed by atoms with Crippen LogP contribution in [0.15, 0.2) is 42.7 Å². The van der Waals surface area contributed by atoms with Crippen molar-refractivity contribution >= 4 is 38.6 Å². The molecule has 2 aliphatic heterocycles. The molecule has 0 aliphatic carbocycles. The molecule has 1 fully saturated rings. The number of rotatable bonds is 4. The van der Waals surface area contributed by atoms with E-state index in [1.165, 1.54) is 23.6 Å². The monoisotopic (exact) mass is 409 g/mol. The van der Waals surface area contributed by atoms with Gasteiger partial charge in [-0.2, -0.15) is 5.10 Å². The average Bonchev–Trinajstić information content (AvgIpc) is 3.47. The number of fused-ring (bicyclic) bond motifs is 1. The Kier molecular flexibility index (Phi) is 4.31. The third-order valence-electron chi connectivity index (χ3n) is 5.23. The minimum Gasteiger partial charge on any atom is -0.496 e. The molecule has 1 atom stereocenters. The van der Waals surface area contributed by atoms with E-state index in [1.807, 2.05) is 30.5 Å². The van der Waals surface area contributed by atoms with Crippen LogP contribution in [0.4, 0.5) is 5.82 Å². The van der Waals surface area contributed by atoms with Crippen LogP contribution in [0.3, 0.4) is 0 Å². The molecule has 8 nitrogen and oxygen atoms in total. The first-order valence-corrected chi connectivity index (χ1v) is 10.5. The van der Waals surface area contributed by atoms with E-state index in [0.29, 0.717) is 16.3 Å². The van der Waals surface area contributed by atoms with Crippen LogP contribution in [0.25, 0.3) is 27.1 Å². The number of benzene rings is 1. The molecule has 2 aliphatic rings. The summed E-state index contributed by atoms with van der Waals surface area (Å²) >= 11 is 0. The molecule has 2 aromatic heterocycles. The number of hydrogen-bond donors (Lipinski definition) is 1. The molecule has 5 rings (SSSR count). The highest BCUT2D eigenvalue weighted by Gasteiger charge is 2.24. The summed E-state index contributed by atoms with van der Waals surface area (Å²) < 4.78 is 21.6. The SMILES string of the molecule is COc1cc(-c2ccc(N3CCCC3)nc2)cc2c1cnn2C1=CC(=O)NS1=O. The molecule has 0 bridgehead atoms. The van der Waals surface area contributed by atoms with Crippen molar-refractivity contribution in [3.05, 3.63) is 42.7 Å². The third-order valence-corrected chi connectivity index (χ3v) is 6.29. The fourth-order valence-corrected chi connectivity index (χ4v) is 4.64. The van der Waals surface area contributed by atoms with Gasteiger partial charge < -0.3 is 9.64 Å². The van der Waals surface area contributed by atoms with E-state index in [4.69, 9.17) is 4.74 Å². The van der Waals surface area contributed by atoms with Crippen molar-refractivity contribution < 1.29 is 13.7 Å². The van der Waals surface area contributed by atoms with Gasteiger partial charge in [0.2, 0.25) is 0 Å². The molecule has 0 spiro atoms. The fourth-order valence-electron chi connectivity index (χ4n) is 3.77. The number of hydrogen-bond acceptors (Lipinski definition) is 6. The highest BCUT2D eigenvalue weighted by Crippen LogP contribution is 2.34. The molecule has 0 radical (unpaired) electrons. The fraction of sp³-hybridized carbons (Fsp3) is 0.250. The summed E-state index contributed by atoms with van der Waals surface area (Å²) in [6, 6.07) is 7.95. The first kappa shape index (κ1) is 17.9. The number of anilines is 1. The number of carbonyl (C=O) groups is 1. The van der Waals surface area contributed by atoms with Crippen LogP contribution in [0, 0.1) is 0 Å². The Bertz CT molecular complexity index is 1160. The summed E-state index contributed by atoms with van der Waals surface area (Å²) in [7, 11) is -0.0373. The second-order valence-electron chi connectivity index (χ2n) is 6.98. The van der Waals surface area contributed by atoms with Gasteiger partial charge in [0.25, 0.3) is 5.91 Å². The number of pyridine rings is 1. The van der Waals surface area contributed by atoms with Crippen molar-refractivity contribution in [3.63, 3.8) is 0 Å². The molecule has 0 saturated carbocycles. The molecule has 3 aromatic rings. The standard InChI is InChI=1S/C20H19N5O3S/c1-28-17-9-14(13-4-5-18(21-11-13)24-6-2-3-7-24)8-16-15(17)12-22-25(16)20-10-19(26)23-29(20)27/h4-5,8-12H,2-3,6-7H2,1H3,(H,23,26). The van der Waals surface area contributed by atoms with Crippen molar-refractivity contribution in [2.24, 2.45) is 0 Å². The Morgan fingerprint density at radius 2 is 1.97 bits per heavy atom. The summed E-state index contributed by atoms with van der Waals surface area (Å²) in [6.07, 6.45) is 7.21. The van der Waals surface area contributed by atoms with E-state index in [2.05, 4.69) is 19.7 Å². The van der Waals surface area contributed by atoms with Crippen molar-refractivity contribution in [2.45, 2.75) is 12.8 Å². The van der Waals surface area contributed by atoms with Gasteiger partial charge in [-0.3, -0.25) is 9.52 Å². The van der Waals surface area contributed by atoms with Crippen LogP contribution < -0.4 is 14.4 Å². The largest absolute Gasteiger partial charge is 0.496 e. The zero-order valence-electron chi connectivity index (χ0n) is 15.8. The van der Waals surface area contributed by atoms with Crippen LogP contribution in [0.5, 0.6) is 5.75 Å². The lowest BCUT2D eigenvalue weighted by atomic mass is 10.1. The number of nitrogens with one attached hydrogen (secondary N) is 1. The van der Waals surface area contributed by atoms with E-state index in [0.717, 1.165) is 35.4 Å². The predicted molar refractivity (Wildman–Crippen MR) is 112 cm³/mol. The van der Waals surface area contributed by atoms with Crippen LogP contribution in [0.2, 0.25) is 0 Å². The average molecular weight is 409 g/mol. The van der Waals surface area contributed by atoms with E-state index in [1.54, 1.807) is 13.3 Å². The number of carbonyl (C=O) groups excluding carboxylic acids is 1. The molecule has 1 amide bonds. The van der Waals surface area contributed by atoms with Crippen molar-refractivity contribution in [2.75, 3.05) is 25.1 Å². The minimum absolute atomic E-state index is 0.298. The maximum absolute atomic E-state index is 12.2. The summed E-state index contributed by atoms with van der Waals surface area (Å²) in [5.74, 6) is 1.24. The molecule has 1 saturated heterocycles. The highest BCUT2D eigenvalue weighted by molar-refractivity contribution is 7.93. The van der Waals surface area contributed by atoms with E-state index in [9.17, 15) is 9.00 Å². The van der Waals surface area contributed by atoms with Crippen molar-refractivity contribution in [1.82, 2.24) is 19.5 Å². The molecule has 29 heavy (non-hydrogen) atoms. The second-order valence-corrected chi connectivity index (χ2v) is 8.14. The van der Waals surface area contributed by atoms with Gasteiger partial charge in [-0.15, -0.1) is 0 Å². The number of ether oxygens (including phenoxy) is 1. The van der Waals surface area contributed by atoms with Crippen molar-refractivity contribution in [3.8, 4) is 16.9 Å². The van der Waals surface area contributed by atoms with E-state index < -0.39 is 16.9 Å². The molecular weight excluding hydrogens is 390 g/mol. The summed E-state index contributed by atoms with van der Waals surface area (Å²) in [6.45, 7) is 2.09. The Morgan fingerprint density at radius 3 is 2.62 bits per heavy atom. The van der Waals surface area contributed by atoms with E-state index in [-0.39, 0.29) is 0 Å². The Labute approximate surface area is 169 Å². The highest BCUT2D eigenvalue weighted by atomic mass is 32.2. The molecule has 1 unspecified atom stereocenters. The van der Waals surface area contributed by atoms with Crippen molar-refractivity contribution in [1.29, 1.82) is 0 Å². The minimum atomic E-state index is -1.64. The molecular formula is C20H19N5O3S. The van der Waals surface area contributed by atoms with Gasteiger partial charge in [0.05, 0.1) is 24.2 Å². The topological polar surface area (TPSA) is 89.3 Å². The van der Waals surface area contributed by atoms with Crippen LogP contribution >= 0.6 is 0 Å². The zero-order valence-corrected chi connectivity index (χ0v) is 16.6. The zero-order chi connectivity index (χ0) is 20.0. The summed E-state index contributed by atoms with van der Waals surface area (Å²) in [5, 5.41) is 5.40. The van der Waals surface area contributed by atoms with Gasteiger partial charge in [-0.1, -0.05) is 0 Å². The number of aromatic nitrogens is 3. The second kappa shape index (κ2) is 7.00. The molecule has 4 heterocycles. The maximum atomic E-state index is 12.2. The van der Waals surface area contributed by atoms with Gasteiger partial charge >= 0.3 is 0 Å². The van der Waals surface area contributed by atoms with Crippen LogP contribution in [-0.2, 0) is 15.8 Å². The van der Waals surface area contributed by atoms with Gasteiger partial charge in [-0.05, 0) is 42.7 Å². The van der Waals surface area contributed by atoms with Crippen LogP contribution in [0.1, 0.15) is 12.8 Å². The smallest absolute Gasteiger partial charge is 0.258 e. The Hall–Kier alpha value is -3.20. The number of amides is 1. The molecule has 1 aromatic carbocycles. The Morgan fingerprint density at radius 1 is 1.14 bits per heavy atom. The van der Waals surface area contributed by atoms with Gasteiger partial charge in [0, 0.05) is 30.9 Å². The molecule has 1 N–H and O–H groups in total. The summed E-state index contributed by atoms with van der Waals surface area (Å²) in [4.78, 5) is 18.5. The lowest BCUT2D eigenvalue weighted by Crippen LogP contribution is -2.18. The predicted octanol–water partition coefficient (Wildman–Crippen LogP) is 2.30. The third kappa shape index (κ3) is 3.07. The number of nitrogens with zero attached hydrogens (tertiary/aromatic N) is 4. The van der Waals surface area contributed by atoms with Crippen LogP contribution in [-0.4, -0.2) is 45.1 Å². The van der Waals surface area contributed by atoms with Gasteiger partial charge in [0.1, 0.15) is 11.6 Å².